The van der Waals surface area contributed by atoms with Gasteiger partial charge in [0.05, 0.1) is 5.54 Å². The van der Waals surface area contributed by atoms with Crippen LogP contribution in [0.5, 0.6) is 0 Å². The minimum absolute atomic E-state index is 0.0637. The highest BCUT2D eigenvalue weighted by Crippen LogP contribution is 2.37. The minimum Gasteiger partial charge on any atom is -0.377 e. The molecule has 1 aromatic carbocycles. The van der Waals surface area contributed by atoms with Crippen molar-refractivity contribution in [3.8, 4) is 0 Å². The molecule has 0 spiro atoms. The number of nitrogens with one attached hydrogen (secondary N) is 1. The second-order valence-electron chi connectivity index (χ2n) is 5.79. The molecule has 0 amide bonds. The lowest BCUT2D eigenvalue weighted by atomic mass is 9.85. The number of halogens is 1. The predicted octanol–water partition coefficient (Wildman–Crippen LogP) is 2.82. The van der Waals surface area contributed by atoms with Crippen LogP contribution < -0.4 is 11.1 Å². The van der Waals surface area contributed by atoms with E-state index in [0.717, 1.165) is 10.9 Å². The lowest BCUT2D eigenvalue weighted by Crippen LogP contribution is -2.56. The highest BCUT2D eigenvalue weighted by Gasteiger charge is 2.46. The smallest absolute Gasteiger partial charge is 0.0662 e. The predicted molar refractivity (Wildman–Crippen MR) is 83.4 cm³/mol. The zero-order valence-corrected chi connectivity index (χ0v) is 12.8. The zero-order chi connectivity index (χ0) is 13.3. The Morgan fingerprint density at radius 3 is 2.79 bits per heavy atom. The number of anilines is 1. The first-order chi connectivity index (χ1) is 9.23. The summed E-state index contributed by atoms with van der Waals surface area (Å²) in [5, 5.41) is 3.74. The molecule has 4 heteroatoms. The average molecular weight is 324 g/mol. The van der Waals surface area contributed by atoms with E-state index in [9.17, 15) is 0 Å². The van der Waals surface area contributed by atoms with Crippen LogP contribution in [-0.2, 0) is 0 Å². The molecule has 3 N–H and O–H groups in total. The Labute approximate surface area is 123 Å². The number of nitrogens with zero attached hydrogens (tertiary/aromatic N) is 1. The van der Waals surface area contributed by atoms with E-state index in [2.05, 4.69) is 50.4 Å². The largest absolute Gasteiger partial charge is 0.377 e. The normalized spacial score (nSPS) is 31.2. The average Bonchev–Trinajstić information content (AvgIpc) is 2.81. The molecule has 2 fully saturated rings. The van der Waals surface area contributed by atoms with E-state index in [-0.39, 0.29) is 5.54 Å². The maximum atomic E-state index is 6.16. The van der Waals surface area contributed by atoms with Crippen LogP contribution in [0.3, 0.4) is 0 Å². The first-order valence-electron chi connectivity index (χ1n) is 7.21. The third kappa shape index (κ3) is 2.54. The van der Waals surface area contributed by atoms with Gasteiger partial charge in [-0.15, -0.1) is 0 Å². The van der Waals surface area contributed by atoms with Crippen molar-refractivity contribution in [3.05, 3.63) is 28.7 Å². The van der Waals surface area contributed by atoms with Crippen LogP contribution in [0.4, 0.5) is 5.69 Å². The van der Waals surface area contributed by atoms with Gasteiger partial charge in [0.2, 0.25) is 0 Å². The van der Waals surface area contributed by atoms with Crippen molar-refractivity contribution in [2.24, 2.45) is 5.73 Å². The van der Waals surface area contributed by atoms with E-state index in [0.29, 0.717) is 12.6 Å². The molecular formula is C15H22BrN3. The minimum atomic E-state index is 0.0637. The van der Waals surface area contributed by atoms with Crippen molar-refractivity contribution in [3.63, 3.8) is 0 Å². The third-order valence-corrected chi connectivity index (χ3v) is 5.23. The van der Waals surface area contributed by atoms with Crippen LogP contribution in [0.15, 0.2) is 28.7 Å². The van der Waals surface area contributed by atoms with Gasteiger partial charge in [0, 0.05) is 29.3 Å². The van der Waals surface area contributed by atoms with Gasteiger partial charge in [-0.25, -0.2) is 0 Å². The molecule has 1 aromatic rings. The molecule has 0 bridgehead atoms. The summed E-state index contributed by atoms with van der Waals surface area (Å²) in [5.74, 6) is 0. The van der Waals surface area contributed by atoms with E-state index in [1.807, 2.05) is 0 Å². The summed E-state index contributed by atoms with van der Waals surface area (Å²) < 4.78 is 1.12. The van der Waals surface area contributed by atoms with Crippen molar-refractivity contribution >= 4 is 21.6 Å². The molecule has 2 heterocycles. The fourth-order valence-corrected chi connectivity index (χ4v) is 3.91. The fourth-order valence-electron chi connectivity index (χ4n) is 3.65. The Balaban J connectivity index is 1.81. The summed E-state index contributed by atoms with van der Waals surface area (Å²) in [6, 6.07) is 9.04. The highest BCUT2D eigenvalue weighted by molar-refractivity contribution is 9.10. The van der Waals surface area contributed by atoms with Crippen LogP contribution in [0.2, 0.25) is 0 Å². The van der Waals surface area contributed by atoms with Gasteiger partial charge in [0.25, 0.3) is 0 Å². The van der Waals surface area contributed by atoms with Crippen molar-refractivity contribution in [2.45, 2.75) is 37.3 Å². The highest BCUT2D eigenvalue weighted by atomic mass is 79.9. The van der Waals surface area contributed by atoms with Crippen molar-refractivity contribution < 1.29 is 0 Å². The summed E-state index contributed by atoms with van der Waals surface area (Å²) in [5.41, 5.74) is 7.40. The van der Waals surface area contributed by atoms with Crippen LogP contribution in [0.25, 0.3) is 0 Å². The summed E-state index contributed by atoms with van der Waals surface area (Å²) in [6.45, 7) is 3.14. The monoisotopic (exact) mass is 323 g/mol. The Morgan fingerprint density at radius 1 is 1.26 bits per heavy atom. The molecule has 19 heavy (non-hydrogen) atoms. The SMILES string of the molecule is NCC1(Nc2ccc(Br)cc2)CCN2CCCCC21. The van der Waals surface area contributed by atoms with E-state index >= 15 is 0 Å². The van der Waals surface area contributed by atoms with Gasteiger partial charge in [-0.1, -0.05) is 22.4 Å². The molecule has 2 atom stereocenters. The Kier molecular flexibility index (Phi) is 3.83. The van der Waals surface area contributed by atoms with E-state index in [4.69, 9.17) is 5.73 Å². The molecule has 2 aliphatic rings. The van der Waals surface area contributed by atoms with Gasteiger partial charge in [0.15, 0.2) is 0 Å². The number of fused-ring (bicyclic) bond motifs is 1. The van der Waals surface area contributed by atoms with Gasteiger partial charge >= 0.3 is 0 Å². The molecule has 3 rings (SSSR count). The van der Waals surface area contributed by atoms with Gasteiger partial charge in [-0.05, 0) is 50.1 Å². The molecule has 0 aromatic heterocycles. The molecule has 0 saturated carbocycles. The van der Waals surface area contributed by atoms with Crippen molar-refractivity contribution in [1.82, 2.24) is 4.90 Å². The van der Waals surface area contributed by atoms with Crippen LogP contribution in [0, 0.1) is 0 Å². The standard InChI is InChI=1S/C15H22BrN3/c16-12-4-6-13(7-5-12)18-15(11-17)8-10-19-9-2-1-3-14(15)19/h4-7,14,18H,1-3,8-11,17H2. The molecular weight excluding hydrogens is 302 g/mol. The van der Waals surface area contributed by atoms with Crippen molar-refractivity contribution in [1.29, 1.82) is 0 Å². The Hall–Kier alpha value is -0.580. The van der Waals surface area contributed by atoms with Gasteiger partial charge in [-0.3, -0.25) is 4.90 Å². The molecule has 2 unspecified atom stereocenters. The molecule has 0 aliphatic carbocycles. The number of rotatable bonds is 3. The lowest BCUT2D eigenvalue weighted by Gasteiger charge is -2.41. The number of piperidine rings is 1. The van der Waals surface area contributed by atoms with Crippen LogP contribution >= 0.6 is 15.9 Å². The van der Waals surface area contributed by atoms with Gasteiger partial charge in [0.1, 0.15) is 0 Å². The van der Waals surface area contributed by atoms with E-state index < -0.39 is 0 Å². The second kappa shape index (κ2) is 5.43. The Morgan fingerprint density at radius 2 is 2.05 bits per heavy atom. The number of benzene rings is 1. The first kappa shape index (κ1) is 13.4. The maximum Gasteiger partial charge on any atom is 0.0662 e. The second-order valence-corrected chi connectivity index (χ2v) is 6.71. The first-order valence-corrected chi connectivity index (χ1v) is 8.01. The van der Waals surface area contributed by atoms with E-state index in [1.54, 1.807) is 0 Å². The van der Waals surface area contributed by atoms with Gasteiger partial charge in [-0.2, -0.15) is 0 Å². The molecule has 2 aliphatic heterocycles. The summed E-state index contributed by atoms with van der Waals surface area (Å²) in [7, 11) is 0. The summed E-state index contributed by atoms with van der Waals surface area (Å²) in [4.78, 5) is 2.63. The molecule has 3 nitrogen and oxygen atoms in total. The van der Waals surface area contributed by atoms with Crippen LogP contribution in [0.1, 0.15) is 25.7 Å². The number of hydrogen-bond donors (Lipinski definition) is 2. The Bertz CT molecular complexity index is 434. The number of nitrogens with two attached hydrogens (primary N) is 1. The molecule has 2 saturated heterocycles. The summed E-state index contributed by atoms with van der Waals surface area (Å²) >= 11 is 3.48. The maximum absolute atomic E-state index is 6.16. The third-order valence-electron chi connectivity index (χ3n) is 4.70. The summed E-state index contributed by atoms with van der Waals surface area (Å²) in [6.07, 6.45) is 5.12. The quantitative estimate of drug-likeness (QED) is 0.898. The number of hydrogen-bond acceptors (Lipinski definition) is 3. The van der Waals surface area contributed by atoms with E-state index in [1.165, 1.54) is 38.0 Å². The van der Waals surface area contributed by atoms with Gasteiger partial charge < -0.3 is 11.1 Å². The lowest BCUT2D eigenvalue weighted by molar-refractivity contribution is 0.167. The molecule has 104 valence electrons. The van der Waals surface area contributed by atoms with Crippen LogP contribution in [-0.4, -0.2) is 36.1 Å². The zero-order valence-electron chi connectivity index (χ0n) is 11.2. The molecule has 0 radical (unpaired) electrons. The fraction of sp³-hybridized carbons (Fsp3) is 0.600. The topological polar surface area (TPSA) is 41.3 Å². The van der Waals surface area contributed by atoms with Crippen molar-refractivity contribution in [2.75, 3.05) is 25.0 Å².